The minimum Gasteiger partial charge on any atom is -0.340 e. The van der Waals surface area contributed by atoms with Crippen LogP contribution in [0.25, 0.3) is 11.4 Å². The zero-order chi connectivity index (χ0) is 24.6. The van der Waals surface area contributed by atoms with Gasteiger partial charge in [0.2, 0.25) is 5.91 Å². The molecule has 5 rings (SSSR count). The van der Waals surface area contributed by atoms with Crippen LogP contribution in [-0.2, 0) is 14.8 Å². The smallest absolute Gasteiger partial charge is 0.261 e. The van der Waals surface area contributed by atoms with Gasteiger partial charge in [0.1, 0.15) is 11.7 Å². The number of carbonyl (C=O) groups excluding carboxylic acids is 1. The number of carbonyl (C=O) groups is 1. The fourth-order valence-corrected chi connectivity index (χ4v) is 6.07. The van der Waals surface area contributed by atoms with Gasteiger partial charge in [0.25, 0.3) is 10.0 Å². The van der Waals surface area contributed by atoms with Crippen LogP contribution >= 0.6 is 0 Å². The van der Waals surface area contributed by atoms with E-state index in [0.717, 1.165) is 25.7 Å². The normalized spacial score (nSPS) is 18.6. The van der Waals surface area contributed by atoms with Crippen molar-refractivity contribution in [3.05, 3.63) is 55.0 Å². The number of aromatic nitrogens is 3. The second kappa shape index (κ2) is 9.26. The van der Waals surface area contributed by atoms with Crippen molar-refractivity contribution in [1.82, 2.24) is 15.0 Å². The molecule has 1 atom stereocenters. The Hall–Kier alpha value is -3.53. The van der Waals surface area contributed by atoms with E-state index in [1.807, 2.05) is 6.92 Å². The molecule has 182 valence electrons. The minimum absolute atomic E-state index is 0.0449. The molecule has 0 bridgehead atoms. The Morgan fingerprint density at radius 1 is 1.09 bits per heavy atom. The second-order valence-electron chi connectivity index (χ2n) is 8.91. The van der Waals surface area contributed by atoms with Crippen LogP contribution in [0.4, 0.5) is 17.2 Å². The highest BCUT2D eigenvalue weighted by atomic mass is 32.2. The maximum Gasteiger partial charge on any atom is 0.261 e. The molecule has 1 aliphatic carbocycles. The molecule has 0 unspecified atom stereocenters. The van der Waals surface area contributed by atoms with Crippen LogP contribution in [0.5, 0.6) is 0 Å². The van der Waals surface area contributed by atoms with Crippen LogP contribution < -0.4 is 14.5 Å². The summed E-state index contributed by atoms with van der Waals surface area (Å²) in [6, 6.07) is 9.82. The number of pyridine rings is 1. The van der Waals surface area contributed by atoms with Gasteiger partial charge in [0.05, 0.1) is 23.0 Å². The zero-order valence-electron chi connectivity index (χ0n) is 19.8. The SMILES string of the molecule is CC[C@@H]1C(=O)N(C)c2cnc(-c3ccncc3NS(=O)(=O)c3ccccc3)nc2N1C1CCCC1. The summed E-state index contributed by atoms with van der Waals surface area (Å²) >= 11 is 0. The molecule has 3 heterocycles. The molecular formula is C25H28N6O3S. The summed E-state index contributed by atoms with van der Waals surface area (Å²) in [4.78, 5) is 30.6. The number of sulfonamides is 1. The predicted octanol–water partition coefficient (Wildman–Crippen LogP) is 3.84. The number of hydrogen-bond acceptors (Lipinski definition) is 7. The zero-order valence-corrected chi connectivity index (χ0v) is 20.6. The van der Waals surface area contributed by atoms with Crippen molar-refractivity contribution < 1.29 is 13.2 Å². The van der Waals surface area contributed by atoms with E-state index in [1.165, 1.54) is 18.3 Å². The number of benzene rings is 1. The van der Waals surface area contributed by atoms with Gasteiger partial charge in [0.15, 0.2) is 11.6 Å². The summed E-state index contributed by atoms with van der Waals surface area (Å²) in [7, 11) is -2.07. The maximum absolute atomic E-state index is 13.1. The molecule has 3 aromatic rings. The first kappa shape index (κ1) is 23.2. The molecule has 0 spiro atoms. The molecule has 1 saturated carbocycles. The van der Waals surface area contributed by atoms with Crippen LogP contribution in [0.2, 0.25) is 0 Å². The molecular weight excluding hydrogens is 464 g/mol. The van der Waals surface area contributed by atoms with Gasteiger partial charge < -0.3 is 9.80 Å². The van der Waals surface area contributed by atoms with Crippen LogP contribution in [0.1, 0.15) is 39.0 Å². The standard InChI is InChI=1S/C25H28N6O3S/c1-3-21-25(32)30(2)22-16-27-23(28-24(22)31(21)17-9-7-8-10-17)19-13-14-26-15-20(19)29-35(33,34)18-11-5-4-6-12-18/h4-6,11-17,21,29H,3,7-10H2,1-2H3/t21-/m1/s1. The predicted molar refractivity (Wildman–Crippen MR) is 135 cm³/mol. The Labute approximate surface area is 205 Å². The van der Waals surface area contributed by atoms with E-state index < -0.39 is 10.0 Å². The van der Waals surface area contributed by atoms with Crippen molar-refractivity contribution in [3.8, 4) is 11.4 Å². The van der Waals surface area contributed by atoms with Crippen LogP contribution in [-0.4, -0.2) is 48.4 Å². The molecule has 1 N–H and O–H groups in total. The van der Waals surface area contributed by atoms with E-state index in [9.17, 15) is 13.2 Å². The molecule has 9 nitrogen and oxygen atoms in total. The number of amides is 1. The molecule has 0 saturated heterocycles. The third-order valence-electron chi connectivity index (χ3n) is 6.77. The van der Waals surface area contributed by atoms with E-state index in [1.54, 1.807) is 48.6 Å². The van der Waals surface area contributed by atoms with Crippen LogP contribution in [0.15, 0.2) is 59.9 Å². The third kappa shape index (κ3) is 4.22. The van der Waals surface area contributed by atoms with E-state index in [2.05, 4.69) is 19.6 Å². The van der Waals surface area contributed by atoms with Crippen molar-refractivity contribution in [1.29, 1.82) is 0 Å². The number of nitrogens with one attached hydrogen (secondary N) is 1. The van der Waals surface area contributed by atoms with Gasteiger partial charge in [-0.05, 0) is 37.5 Å². The number of anilines is 3. The molecule has 2 aliphatic rings. The fraction of sp³-hybridized carbons (Fsp3) is 0.360. The van der Waals surface area contributed by atoms with E-state index in [4.69, 9.17) is 4.98 Å². The van der Waals surface area contributed by atoms with Gasteiger partial charge in [0, 0.05) is 24.8 Å². The first-order valence-electron chi connectivity index (χ1n) is 11.9. The molecule has 0 radical (unpaired) electrons. The quantitative estimate of drug-likeness (QED) is 0.557. The lowest BCUT2D eigenvalue weighted by molar-refractivity contribution is -0.120. The summed E-state index contributed by atoms with van der Waals surface area (Å²) in [5, 5.41) is 0. The molecule has 2 aromatic heterocycles. The number of nitrogens with zero attached hydrogens (tertiary/aromatic N) is 5. The lowest BCUT2D eigenvalue weighted by Crippen LogP contribution is -2.55. The summed E-state index contributed by atoms with van der Waals surface area (Å²) < 4.78 is 28.6. The van der Waals surface area contributed by atoms with Gasteiger partial charge in [-0.2, -0.15) is 0 Å². The first-order valence-corrected chi connectivity index (χ1v) is 13.3. The van der Waals surface area contributed by atoms with E-state index >= 15 is 0 Å². The van der Waals surface area contributed by atoms with E-state index in [0.29, 0.717) is 29.3 Å². The van der Waals surface area contributed by atoms with Gasteiger partial charge >= 0.3 is 0 Å². The second-order valence-corrected chi connectivity index (χ2v) is 10.6. The number of likely N-dealkylation sites (N-methyl/N-ethyl adjacent to an activating group) is 1. The fourth-order valence-electron chi connectivity index (χ4n) is 4.99. The Bertz CT molecular complexity index is 1340. The monoisotopic (exact) mass is 492 g/mol. The van der Waals surface area contributed by atoms with E-state index in [-0.39, 0.29) is 28.6 Å². The Morgan fingerprint density at radius 2 is 1.83 bits per heavy atom. The van der Waals surface area contributed by atoms with Crippen molar-refractivity contribution >= 4 is 33.1 Å². The van der Waals surface area contributed by atoms with Crippen molar-refractivity contribution in [2.24, 2.45) is 0 Å². The average Bonchev–Trinajstić information content (AvgIpc) is 3.41. The number of hydrogen-bond donors (Lipinski definition) is 1. The lowest BCUT2D eigenvalue weighted by Gasteiger charge is -2.43. The van der Waals surface area contributed by atoms with Gasteiger partial charge in [-0.3, -0.25) is 14.5 Å². The summed E-state index contributed by atoms with van der Waals surface area (Å²) in [5.41, 5.74) is 1.47. The third-order valence-corrected chi connectivity index (χ3v) is 8.15. The van der Waals surface area contributed by atoms with Gasteiger partial charge in [-0.1, -0.05) is 38.0 Å². The van der Waals surface area contributed by atoms with Crippen LogP contribution in [0, 0.1) is 0 Å². The minimum atomic E-state index is -3.82. The van der Waals surface area contributed by atoms with Gasteiger partial charge in [-0.15, -0.1) is 0 Å². The lowest BCUT2D eigenvalue weighted by atomic mass is 10.0. The molecule has 10 heteroatoms. The first-order chi connectivity index (χ1) is 16.9. The highest BCUT2D eigenvalue weighted by Crippen LogP contribution is 2.40. The summed E-state index contributed by atoms with van der Waals surface area (Å²) in [6.45, 7) is 2.02. The molecule has 1 aliphatic heterocycles. The van der Waals surface area contributed by atoms with Crippen molar-refractivity contribution in [3.63, 3.8) is 0 Å². The number of fused-ring (bicyclic) bond motifs is 1. The molecule has 35 heavy (non-hydrogen) atoms. The largest absolute Gasteiger partial charge is 0.340 e. The highest BCUT2D eigenvalue weighted by molar-refractivity contribution is 7.92. The Balaban J connectivity index is 1.58. The Morgan fingerprint density at radius 3 is 2.54 bits per heavy atom. The topological polar surface area (TPSA) is 108 Å². The van der Waals surface area contributed by atoms with Gasteiger partial charge in [-0.25, -0.2) is 18.4 Å². The maximum atomic E-state index is 13.1. The Kier molecular flexibility index (Phi) is 6.14. The molecule has 1 fully saturated rings. The number of rotatable bonds is 6. The summed E-state index contributed by atoms with van der Waals surface area (Å²) in [6.07, 6.45) is 9.66. The van der Waals surface area contributed by atoms with Crippen molar-refractivity contribution in [2.45, 2.75) is 56.0 Å². The highest BCUT2D eigenvalue weighted by Gasteiger charge is 2.41. The average molecular weight is 493 g/mol. The summed E-state index contributed by atoms with van der Waals surface area (Å²) in [5.74, 6) is 1.13. The molecule has 1 amide bonds. The van der Waals surface area contributed by atoms with Crippen LogP contribution in [0.3, 0.4) is 0 Å². The molecule has 1 aromatic carbocycles. The van der Waals surface area contributed by atoms with Crippen molar-refractivity contribution in [2.75, 3.05) is 21.6 Å².